The molecule has 29 heavy (non-hydrogen) atoms. The average Bonchev–Trinajstić information content (AvgIpc) is 2.74. The Hall–Kier alpha value is -3.22. The van der Waals surface area contributed by atoms with Gasteiger partial charge in [-0.3, -0.25) is 14.9 Å². The molecule has 7 nitrogen and oxygen atoms in total. The topological polar surface area (TPSA) is 93.8 Å². The van der Waals surface area contributed by atoms with Crippen LogP contribution in [0.15, 0.2) is 53.6 Å². The van der Waals surface area contributed by atoms with Crippen LogP contribution >= 0.6 is 0 Å². The quantitative estimate of drug-likeness (QED) is 0.233. The Morgan fingerprint density at radius 1 is 1.03 bits per heavy atom. The maximum Gasteiger partial charge on any atom is 0.271 e. The SMILES string of the molecule is CCCCCCCCOc1ccc(C=NNC(=O)c2ccc([N+](=O)[O-])cc2)cc1. The summed E-state index contributed by atoms with van der Waals surface area (Å²) in [6.45, 7) is 2.93. The maximum absolute atomic E-state index is 12.0. The summed E-state index contributed by atoms with van der Waals surface area (Å²) in [7, 11) is 0. The summed E-state index contributed by atoms with van der Waals surface area (Å²) in [5, 5.41) is 14.5. The minimum atomic E-state index is -0.513. The predicted octanol–water partition coefficient (Wildman–Crippen LogP) is 5.10. The Morgan fingerprint density at radius 3 is 2.34 bits per heavy atom. The summed E-state index contributed by atoms with van der Waals surface area (Å²) >= 11 is 0. The van der Waals surface area contributed by atoms with Crippen LogP contribution in [0, 0.1) is 10.1 Å². The fourth-order valence-corrected chi connectivity index (χ4v) is 2.69. The molecule has 0 bridgehead atoms. The van der Waals surface area contributed by atoms with Crippen molar-refractivity contribution in [2.75, 3.05) is 6.61 Å². The third-order valence-electron chi connectivity index (χ3n) is 4.37. The Balaban J connectivity index is 1.72. The molecule has 0 saturated carbocycles. The van der Waals surface area contributed by atoms with Gasteiger partial charge in [-0.2, -0.15) is 5.10 Å². The van der Waals surface area contributed by atoms with Crippen LogP contribution in [0.5, 0.6) is 5.75 Å². The van der Waals surface area contributed by atoms with E-state index in [0.29, 0.717) is 12.2 Å². The number of unbranched alkanes of at least 4 members (excludes halogenated alkanes) is 5. The van der Waals surface area contributed by atoms with E-state index in [-0.39, 0.29) is 5.69 Å². The van der Waals surface area contributed by atoms with Crippen LogP contribution in [0.3, 0.4) is 0 Å². The summed E-state index contributed by atoms with van der Waals surface area (Å²) in [6.07, 6.45) is 8.90. The Morgan fingerprint density at radius 2 is 1.69 bits per heavy atom. The molecular weight excluding hydrogens is 370 g/mol. The van der Waals surface area contributed by atoms with Crippen molar-refractivity contribution in [3.63, 3.8) is 0 Å². The zero-order valence-corrected chi connectivity index (χ0v) is 16.7. The zero-order valence-electron chi connectivity index (χ0n) is 16.7. The van der Waals surface area contributed by atoms with E-state index in [9.17, 15) is 14.9 Å². The first kappa shape index (κ1) is 22.1. The van der Waals surface area contributed by atoms with E-state index in [1.165, 1.54) is 62.6 Å². The van der Waals surface area contributed by atoms with Crippen molar-refractivity contribution >= 4 is 17.8 Å². The van der Waals surface area contributed by atoms with Gasteiger partial charge in [0.25, 0.3) is 11.6 Å². The molecule has 0 fully saturated rings. The van der Waals surface area contributed by atoms with Gasteiger partial charge in [-0.1, -0.05) is 39.0 Å². The number of benzene rings is 2. The van der Waals surface area contributed by atoms with Gasteiger partial charge in [0.2, 0.25) is 0 Å². The van der Waals surface area contributed by atoms with Crippen molar-refractivity contribution in [2.45, 2.75) is 45.4 Å². The minimum Gasteiger partial charge on any atom is -0.494 e. The average molecular weight is 397 g/mol. The molecule has 0 aliphatic heterocycles. The Kier molecular flexibility index (Phi) is 9.35. The molecule has 0 unspecified atom stereocenters. The molecule has 0 aliphatic carbocycles. The van der Waals surface area contributed by atoms with Crippen LogP contribution in [-0.2, 0) is 0 Å². The van der Waals surface area contributed by atoms with Crippen molar-refractivity contribution in [2.24, 2.45) is 5.10 Å². The molecule has 1 N–H and O–H groups in total. The second kappa shape index (κ2) is 12.3. The smallest absolute Gasteiger partial charge is 0.271 e. The first-order chi connectivity index (χ1) is 14.1. The van der Waals surface area contributed by atoms with Gasteiger partial charge >= 0.3 is 0 Å². The largest absolute Gasteiger partial charge is 0.494 e. The highest BCUT2D eigenvalue weighted by Gasteiger charge is 2.08. The molecule has 0 aliphatic rings. The third-order valence-corrected chi connectivity index (χ3v) is 4.37. The third kappa shape index (κ3) is 8.13. The van der Waals surface area contributed by atoms with Crippen LogP contribution in [0.25, 0.3) is 0 Å². The number of nitrogens with zero attached hydrogens (tertiary/aromatic N) is 2. The highest BCUT2D eigenvalue weighted by Crippen LogP contribution is 2.13. The molecule has 0 heterocycles. The number of hydrazone groups is 1. The van der Waals surface area contributed by atoms with Crippen LogP contribution in [0.1, 0.15) is 61.4 Å². The van der Waals surface area contributed by atoms with E-state index in [1.54, 1.807) is 0 Å². The molecule has 1 amide bonds. The monoisotopic (exact) mass is 397 g/mol. The highest BCUT2D eigenvalue weighted by molar-refractivity contribution is 5.95. The van der Waals surface area contributed by atoms with E-state index in [0.717, 1.165) is 17.7 Å². The van der Waals surface area contributed by atoms with E-state index in [2.05, 4.69) is 17.5 Å². The second-order valence-electron chi connectivity index (χ2n) is 6.69. The van der Waals surface area contributed by atoms with Gasteiger partial charge in [0.15, 0.2) is 0 Å². The van der Waals surface area contributed by atoms with Crippen molar-refractivity contribution in [1.29, 1.82) is 0 Å². The lowest BCUT2D eigenvalue weighted by Gasteiger charge is -2.06. The lowest BCUT2D eigenvalue weighted by molar-refractivity contribution is -0.384. The first-order valence-electron chi connectivity index (χ1n) is 9.91. The molecule has 154 valence electrons. The standard InChI is InChI=1S/C22H27N3O4/c1-2-3-4-5-6-7-16-29-21-14-8-18(9-15-21)17-23-24-22(26)19-10-12-20(13-11-19)25(27)28/h8-15,17H,2-7,16H2,1H3,(H,24,26). The van der Waals surface area contributed by atoms with Crippen LogP contribution in [-0.4, -0.2) is 23.7 Å². The van der Waals surface area contributed by atoms with Gasteiger partial charge in [-0.05, 0) is 48.4 Å². The van der Waals surface area contributed by atoms with Gasteiger partial charge in [0.1, 0.15) is 5.75 Å². The maximum atomic E-state index is 12.0. The minimum absolute atomic E-state index is 0.0659. The summed E-state index contributed by atoms with van der Waals surface area (Å²) in [5.74, 6) is 0.376. The normalized spacial score (nSPS) is 10.8. The zero-order chi connectivity index (χ0) is 20.9. The fourth-order valence-electron chi connectivity index (χ4n) is 2.69. The number of ether oxygens (including phenoxy) is 1. The van der Waals surface area contributed by atoms with Crippen molar-refractivity contribution in [3.8, 4) is 5.75 Å². The second-order valence-corrected chi connectivity index (χ2v) is 6.69. The number of nitro benzene ring substituents is 1. The summed E-state index contributed by atoms with van der Waals surface area (Å²) in [6, 6.07) is 12.8. The van der Waals surface area contributed by atoms with Crippen LogP contribution in [0.4, 0.5) is 5.69 Å². The summed E-state index contributed by atoms with van der Waals surface area (Å²) < 4.78 is 5.73. The first-order valence-corrected chi connectivity index (χ1v) is 9.91. The molecule has 0 atom stereocenters. The van der Waals surface area contributed by atoms with E-state index in [4.69, 9.17) is 4.74 Å². The van der Waals surface area contributed by atoms with Crippen LogP contribution < -0.4 is 10.2 Å². The number of rotatable bonds is 12. The Bertz CT molecular complexity index is 802. The van der Waals surface area contributed by atoms with Crippen molar-refractivity contribution < 1.29 is 14.5 Å². The molecule has 0 aromatic heterocycles. The molecule has 0 radical (unpaired) electrons. The number of hydrogen-bond donors (Lipinski definition) is 1. The molecular formula is C22H27N3O4. The van der Waals surface area contributed by atoms with E-state index in [1.807, 2.05) is 24.3 Å². The van der Waals surface area contributed by atoms with E-state index < -0.39 is 10.8 Å². The van der Waals surface area contributed by atoms with E-state index >= 15 is 0 Å². The Labute approximate surface area is 170 Å². The lowest BCUT2D eigenvalue weighted by atomic mass is 10.1. The van der Waals surface area contributed by atoms with Crippen molar-refractivity contribution in [3.05, 3.63) is 69.8 Å². The molecule has 2 aromatic carbocycles. The molecule has 2 aromatic rings. The van der Waals surface area contributed by atoms with Crippen molar-refractivity contribution in [1.82, 2.24) is 5.43 Å². The summed E-state index contributed by atoms with van der Waals surface area (Å²) in [5.41, 5.74) is 3.45. The van der Waals surface area contributed by atoms with Gasteiger partial charge in [-0.25, -0.2) is 5.43 Å². The van der Waals surface area contributed by atoms with Gasteiger partial charge in [0, 0.05) is 17.7 Å². The number of amides is 1. The number of carbonyl (C=O) groups is 1. The number of carbonyl (C=O) groups excluding carboxylic acids is 1. The number of nitro groups is 1. The molecule has 7 heteroatoms. The molecule has 0 spiro atoms. The molecule has 0 saturated heterocycles. The van der Waals surface area contributed by atoms with Gasteiger partial charge < -0.3 is 4.74 Å². The predicted molar refractivity (Wildman–Crippen MR) is 113 cm³/mol. The number of hydrogen-bond acceptors (Lipinski definition) is 5. The highest BCUT2D eigenvalue weighted by atomic mass is 16.6. The fraction of sp³-hybridized carbons (Fsp3) is 0.364. The van der Waals surface area contributed by atoms with Gasteiger partial charge in [-0.15, -0.1) is 0 Å². The lowest BCUT2D eigenvalue weighted by Crippen LogP contribution is -2.17. The number of non-ortho nitro benzene ring substituents is 1. The summed E-state index contributed by atoms with van der Waals surface area (Å²) in [4.78, 5) is 22.1. The van der Waals surface area contributed by atoms with Gasteiger partial charge in [0.05, 0.1) is 17.7 Å². The molecule has 2 rings (SSSR count). The number of nitrogens with one attached hydrogen (secondary N) is 1. The van der Waals surface area contributed by atoms with Crippen LogP contribution in [0.2, 0.25) is 0 Å².